The molecule has 2 unspecified atom stereocenters. The molecule has 0 aromatic heterocycles. The van der Waals surface area contributed by atoms with Crippen LogP contribution in [-0.2, 0) is 23.7 Å². The van der Waals surface area contributed by atoms with Crippen LogP contribution in [0.3, 0.4) is 0 Å². The van der Waals surface area contributed by atoms with Gasteiger partial charge in [-0.25, -0.2) is 0 Å². The first-order valence-electron chi connectivity index (χ1n) is 18.5. The van der Waals surface area contributed by atoms with Gasteiger partial charge in [-0.2, -0.15) is 0 Å². The molecule has 0 heterocycles. The molecule has 0 N–H and O–H groups in total. The summed E-state index contributed by atoms with van der Waals surface area (Å²) in [5.74, 6) is 0.507. The highest BCUT2D eigenvalue weighted by Crippen LogP contribution is 2.56. The maximum atomic E-state index is 2.70. The molecule has 4 aromatic rings. The fourth-order valence-electron chi connectivity index (χ4n) is 9.51. The van der Waals surface area contributed by atoms with Crippen molar-refractivity contribution in [3.8, 4) is 22.3 Å². The minimum absolute atomic E-state index is 0.154. The molecule has 0 bridgehead atoms. The number of hydrogen-bond donors (Lipinski definition) is 0. The number of allylic oxidation sites excluding steroid dienone is 2. The molecule has 3 aliphatic carbocycles. The van der Waals surface area contributed by atoms with Crippen molar-refractivity contribution < 1.29 is 0 Å². The van der Waals surface area contributed by atoms with Crippen molar-refractivity contribution in [2.45, 2.75) is 117 Å². The molecule has 48 heavy (non-hydrogen) atoms. The molecule has 3 aliphatic rings. The topological polar surface area (TPSA) is 0 Å². The molecule has 4 aromatic carbocycles. The van der Waals surface area contributed by atoms with Gasteiger partial charge in [0.2, 0.25) is 0 Å². The number of aryl methyl sites for hydroxylation is 1. The Labute approximate surface area is 292 Å². The van der Waals surface area contributed by atoms with Crippen LogP contribution in [0, 0.1) is 5.92 Å². The summed E-state index contributed by atoms with van der Waals surface area (Å²) in [6.45, 7) is 26.5. The quantitative estimate of drug-likeness (QED) is 0.189. The normalized spacial score (nSPS) is 18.9. The van der Waals surface area contributed by atoms with Gasteiger partial charge in [-0.15, -0.1) is 0 Å². The smallest absolute Gasteiger partial charge is 0.0679 e. The van der Waals surface area contributed by atoms with Crippen LogP contribution < -0.4 is 0 Å². The van der Waals surface area contributed by atoms with Crippen LogP contribution in [0.25, 0.3) is 34.4 Å². The average Bonchev–Trinajstić information content (AvgIpc) is 3.74. The Bertz CT molecular complexity index is 1950. The molecule has 2 atom stereocenters. The summed E-state index contributed by atoms with van der Waals surface area (Å²) in [5, 5.41) is 0. The zero-order valence-electron chi connectivity index (χ0n) is 31.4. The number of benzene rings is 4. The highest BCUT2D eigenvalue weighted by Gasteiger charge is 2.49. The molecule has 248 valence electrons. The third kappa shape index (κ3) is 5.42. The molecule has 0 spiro atoms. The van der Waals surface area contributed by atoms with Gasteiger partial charge in [0.05, 0.1) is 8.07 Å². The van der Waals surface area contributed by atoms with E-state index in [1.54, 1.807) is 33.4 Å². The lowest BCUT2D eigenvalue weighted by Gasteiger charge is -2.40. The molecule has 0 nitrogen and oxygen atoms in total. The average molecular weight is 649 g/mol. The molecule has 0 radical (unpaired) electrons. The Morgan fingerprint density at radius 3 is 1.85 bits per heavy atom. The van der Waals surface area contributed by atoms with Crippen LogP contribution in [0.5, 0.6) is 0 Å². The Hall–Kier alpha value is -3.42. The van der Waals surface area contributed by atoms with E-state index in [9.17, 15) is 0 Å². The zero-order valence-corrected chi connectivity index (χ0v) is 32.4. The maximum absolute atomic E-state index is 2.70. The molecule has 1 heteroatoms. The molecule has 7 rings (SSSR count). The van der Waals surface area contributed by atoms with E-state index in [1.165, 1.54) is 63.8 Å². The third-order valence-electron chi connectivity index (χ3n) is 12.0. The van der Waals surface area contributed by atoms with Crippen molar-refractivity contribution >= 4 is 20.2 Å². The molecule has 0 aliphatic heterocycles. The van der Waals surface area contributed by atoms with Crippen molar-refractivity contribution in [1.29, 1.82) is 0 Å². The van der Waals surface area contributed by atoms with Gasteiger partial charge >= 0.3 is 0 Å². The fraction of sp³-hybridized carbons (Fsp3) is 0.404. The van der Waals surface area contributed by atoms with Gasteiger partial charge in [-0.05, 0) is 110 Å². The largest absolute Gasteiger partial charge is 0.0722 e. The number of hydrogen-bond acceptors (Lipinski definition) is 0. The second-order valence-electron chi connectivity index (χ2n) is 18.1. The lowest BCUT2D eigenvalue weighted by atomic mass is 9.84. The van der Waals surface area contributed by atoms with Crippen LogP contribution in [0.1, 0.15) is 124 Å². The summed E-state index contributed by atoms with van der Waals surface area (Å²) in [5.41, 5.74) is 22.3. The molecular weight excluding hydrogens is 593 g/mol. The van der Waals surface area contributed by atoms with Gasteiger partial charge in [-0.3, -0.25) is 0 Å². The highest BCUT2D eigenvalue weighted by molar-refractivity contribution is 6.81. The van der Waals surface area contributed by atoms with Crippen molar-refractivity contribution in [3.05, 3.63) is 128 Å². The SMILES string of the molecule is CC1=Cc2c(cc3c(c2-c2ccc(C(C)(C)C)cc2)CCC3)C1[Si](C)(C)C1C(C(C)C)=Cc2c(-c3ccc(C(C)(C)C)cc3)cccc21. The zero-order chi connectivity index (χ0) is 34.3. The molecule has 0 fully saturated rings. The van der Waals surface area contributed by atoms with Crippen LogP contribution >= 0.6 is 0 Å². The summed E-state index contributed by atoms with van der Waals surface area (Å²) in [6, 6.07) is 28.8. The first-order chi connectivity index (χ1) is 22.6. The predicted octanol–water partition coefficient (Wildman–Crippen LogP) is 13.2. The van der Waals surface area contributed by atoms with Gasteiger partial charge in [0, 0.05) is 11.1 Å². The first-order valence-corrected chi connectivity index (χ1v) is 21.7. The third-order valence-corrected chi connectivity index (χ3v) is 16.3. The Morgan fingerprint density at radius 2 is 1.27 bits per heavy atom. The fourth-order valence-corrected chi connectivity index (χ4v) is 14.5. The Morgan fingerprint density at radius 1 is 0.667 bits per heavy atom. The Kier molecular flexibility index (Phi) is 7.99. The van der Waals surface area contributed by atoms with Crippen LogP contribution in [0.15, 0.2) is 83.9 Å². The first kappa shape index (κ1) is 33.1. The van der Waals surface area contributed by atoms with Crippen LogP contribution in [0.2, 0.25) is 13.1 Å². The van der Waals surface area contributed by atoms with E-state index < -0.39 is 8.07 Å². The second-order valence-corrected chi connectivity index (χ2v) is 22.9. The number of rotatable bonds is 5. The van der Waals surface area contributed by atoms with E-state index in [2.05, 4.69) is 160 Å². The minimum atomic E-state index is -2.01. The van der Waals surface area contributed by atoms with Crippen molar-refractivity contribution in [2.75, 3.05) is 0 Å². The van der Waals surface area contributed by atoms with E-state index in [-0.39, 0.29) is 10.8 Å². The summed E-state index contributed by atoms with van der Waals surface area (Å²) in [4.78, 5) is 0. The molecule has 0 saturated carbocycles. The lowest BCUT2D eigenvalue weighted by Crippen LogP contribution is -2.43. The summed E-state index contributed by atoms with van der Waals surface area (Å²) in [6.07, 6.45) is 8.89. The molecule has 0 amide bonds. The lowest BCUT2D eigenvalue weighted by molar-refractivity contribution is 0.590. The molecule has 0 saturated heterocycles. The van der Waals surface area contributed by atoms with E-state index in [4.69, 9.17) is 0 Å². The summed E-state index contributed by atoms with van der Waals surface area (Å²) >= 11 is 0. The van der Waals surface area contributed by atoms with Crippen LogP contribution in [-0.4, -0.2) is 8.07 Å². The van der Waals surface area contributed by atoms with Crippen molar-refractivity contribution in [2.24, 2.45) is 5.92 Å². The second kappa shape index (κ2) is 11.6. The van der Waals surface area contributed by atoms with Gasteiger partial charge in [0.15, 0.2) is 0 Å². The van der Waals surface area contributed by atoms with Gasteiger partial charge in [0.1, 0.15) is 0 Å². The van der Waals surface area contributed by atoms with Gasteiger partial charge < -0.3 is 0 Å². The number of fused-ring (bicyclic) bond motifs is 3. The van der Waals surface area contributed by atoms with E-state index >= 15 is 0 Å². The maximum Gasteiger partial charge on any atom is 0.0722 e. The standard InChI is InChI=1S/C47H56Si/c1-29(2)39-28-40-36(31-18-22-34(23-19-31)46(4,5)6)15-13-17-38(40)45(39)48(10,11)44-30(3)26-41-42(44)27-33-14-12-16-37(33)43(41)32-20-24-35(25-21-32)47(7,8)9/h13,15,17-29,44-45H,12,14,16H2,1-11H3. The van der Waals surface area contributed by atoms with Crippen LogP contribution in [0.4, 0.5) is 0 Å². The Balaban J connectivity index is 1.34. The minimum Gasteiger partial charge on any atom is -0.0679 e. The van der Waals surface area contributed by atoms with E-state index in [1.807, 2.05) is 0 Å². The molecular formula is C47H56Si. The van der Waals surface area contributed by atoms with Crippen molar-refractivity contribution in [3.63, 3.8) is 0 Å². The predicted molar refractivity (Wildman–Crippen MR) is 213 cm³/mol. The summed E-state index contributed by atoms with van der Waals surface area (Å²) in [7, 11) is -2.01. The van der Waals surface area contributed by atoms with Gasteiger partial charge in [0.25, 0.3) is 0 Å². The van der Waals surface area contributed by atoms with E-state index in [0.29, 0.717) is 17.0 Å². The van der Waals surface area contributed by atoms with Crippen molar-refractivity contribution in [1.82, 2.24) is 0 Å². The van der Waals surface area contributed by atoms with E-state index in [0.717, 1.165) is 0 Å². The monoisotopic (exact) mass is 648 g/mol. The van der Waals surface area contributed by atoms with Gasteiger partial charge in [-0.1, -0.05) is 165 Å². The summed E-state index contributed by atoms with van der Waals surface area (Å²) < 4.78 is 0. The highest BCUT2D eigenvalue weighted by atomic mass is 28.3.